The smallest absolute Gasteiger partial charge is 0.318 e. The maximum Gasteiger partial charge on any atom is 0.318 e. The maximum absolute atomic E-state index is 13.8. The number of esters is 1. The Morgan fingerprint density at radius 3 is 2.32 bits per heavy atom. The van der Waals surface area contributed by atoms with E-state index in [0.717, 1.165) is 43.2 Å². The molecular formula is C29H36FN3O4. The van der Waals surface area contributed by atoms with Crippen LogP contribution < -0.4 is 10.6 Å². The number of benzene rings is 2. The summed E-state index contributed by atoms with van der Waals surface area (Å²) in [5, 5.41) is 6.06. The molecule has 4 atom stereocenters. The fourth-order valence-electron chi connectivity index (χ4n) is 5.69. The molecule has 2 fully saturated rings. The largest absolute Gasteiger partial charge is 0.466 e. The topological polar surface area (TPSA) is 87.7 Å². The highest BCUT2D eigenvalue weighted by Gasteiger charge is 2.56. The van der Waals surface area contributed by atoms with Crippen molar-refractivity contribution in [2.24, 2.45) is 11.8 Å². The van der Waals surface area contributed by atoms with E-state index in [-0.39, 0.29) is 36.9 Å². The molecule has 2 aliphatic rings. The number of ether oxygens (including phenoxy) is 1. The molecule has 1 saturated heterocycles. The first-order chi connectivity index (χ1) is 17.9. The van der Waals surface area contributed by atoms with Crippen LogP contribution >= 0.6 is 0 Å². The van der Waals surface area contributed by atoms with E-state index < -0.39 is 29.9 Å². The molecule has 1 saturated carbocycles. The van der Waals surface area contributed by atoms with Crippen molar-refractivity contribution in [3.05, 3.63) is 71.5 Å². The minimum Gasteiger partial charge on any atom is -0.466 e. The first kappa shape index (κ1) is 26.6. The first-order valence-electron chi connectivity index (χ1n) is 13.2. The minimum atomic E-state index is -0.886. The van der Waals surface area contributed by atoms with Crippen LogP contribution in [0, 0.1) is 17.7 Å². The molecule has 8 heteroatoms. The van der Waals surface area contributed by atoms with Crippen LogP contribution in [0.5, 0.6) is 0 Å². The van der Waals surface area contributed by atoms with E-state index >= 15 is 0 Å². The average molecular weight is 510 g/mol. The third-order valence-corrected chi connectivity index (χ3v) is 7.52. The monoisotopic (exact) mass is 509 g/mol. The van der Waals surface area contributed by atoms with E-state index in [1.807, 2.05) is 37.3 Å². The molecule has 198 valence electrons. The first-order valence-corrected chi connectivity index (χ1v) is 13.2. The highest BCUT2D eigenvalue weighted by Crippen LogP contribution is 2.45. The van der Waals surface area contributed by atoms with Crippen LogP contribution in [0.25, 0.3) is 0 Å². The number of nitrogens with zero attached hydrogens (tertiary/aromatic N) is 1. The fraction of sp³-hybridized carbons (Fsp3) is 0.483. The molecule has 0 aromatic heterocycles. The molecule has 37 heavy (non-hydrogen) atoms. The molecule has 0 spiro atoms. The Morgan fingerprint density at radius 2 is 1.68 bits per heavy atom. The predicted molar refractivity (Wildman–Crippen MR) is 138 cm³/mol. The van der Waals surface area contributed by atoms with Gasteiger partial charge in [-0.3, -0.25) is 9.59 Å². The quantitative estimate of drug-likeness (QED) is 0.529. The molecule has 0 bridgehead atoms. The van der Waals surface area contributed by atoms with E-state index in [9.17, 15) is 18.8 Å². The second-order valence-electron chi connectivity index (χ2n) is 9.97. The summed E-state index contributed by atoms with van der Waals surface area (Å²) in [6.45, 7) is 3.96. The highest BCUT2D eigenvalue weighted by atomic mass is 19.1. The van der Waals surface area contributed by atoms with Gasteiger partial charge in [0.1, 0.15) is 11.9 Å². The van der Waals surface area contributed by atoms with Crippen molar-refractivity contribution in [3.63, 3.8) is 0 Å². The van der Waals surface area contributed by atoms with Gasteiger partial charge in [-0.05, 0) is 43.0 Å². The van der Waals surface area contributed by atoms with E-state index in [2.05, 4.69) is 10.6 Å². The van der Waals surface area contributed by atoms with Gasteiger partial charge >= 0.3 is 12.0 Å². The summed E-state index contributed by atoms with van der Waals surface area (Å²) in [6.07, 6.45) is 5.05. The van der Waals surface area contributed by atoms with Gasteiger partial charge in [-0.15, -0.1) is 0 Å². The summed E-state index contributed by atoms with van der Waals surface area (Å²) in [5.41, 5.74) is 1.51. The number of carbonyl (C=O) groups excluding carboxylic acids is 3. The van der Waals surface area contributed by atoms with Gasteiger partial charge in [0.25, 0.3) is 0 Å². The molecule has 1 heterocycles. The molecule has 2 aromatic carbocycles. The average Bonchev–Trinajstić information content (AvgIpc) is 3.22. The van der Waals surface area contributed by atoms with E-state index in [1.54, 1.807) is 24.0 Å². The number of nitrogens with one attached hydrogen (secondary N) is 2. The van der Waals surface area contributed by atoms with Crippen molar-refractivity contribution in [3.8, 4) is 0 Å². The zero-order valence-corrected chi connectivity index (χ0v) is 21.5. The molecule has 4 rings (SSSR count). The number of likely N-dealkylation sites (tertiary alicyclic amines) is 1. The summed E-state index contributed by atoms with van der Waals surface area (Å²) in [4.78, 5) is 42.3. The van der Waals surface area contributed by atoms with Gasteiger partial charge in [-0.25, -0.2) is 9.18 Å². The van der Waals surface area contributed by atoms with Gasteiger partial charge in [-0.2, -0.15) is 0 Å². The molecule has 2 aromatic rings. The Bertz CT molecular complexity index is 1070. The Kier molecular flexibility index (Phi) is 8.79. The van der Waals surface area contributed by atoms with Gasteiger partial charge in [0.05, 0.1) is 18.6 Å². The molecule has 3 amide bonds. The summed E-state index contributed by atoms with van der Waals surface area (Å²) < 4.78 is 18.7. The van der Waals surface area contributed by atoms with Crippen molar-refractivity contribution in [2.75, 3.05) is 6.61 Å². The van der Waals surface area contributed by atoms with Crippen LogP contribution in [0.15, 0.2) is 54.6 Å². The van der Waals surface area contributed by atoms with Crippen molar-refractivity contribution in [2.45, 2.75) is 70.6 Å². The summed E-state index contributed by atoms with van der Waals surface area (Å²) in [5.74, 6) is -2.33. The van der Waals surface area contributed by atoms with Gasteiger partial charge in [0, 0.05) is 18.5 Å². The third-order valence-electron chi connectivity index (χ3n) is 7.52. The normalized spacial score (nSPS) is 23.9. The second kappa shape index (κ2) is 12.2. The summed E-state index contributed by atoms with van der Waals surface area (Å²) in [7, 11) is 0. The maximum atomic E-state index is 13.8. The summed E-state index contributed by atoms with van der Waals surface area (Å²) in [6, 6.07) is 13.4. The SMILES string of the molecule is CCOC(=O)C1C(C)C(C(=O)NCc2ccc(F)cc2)N(C(=O)NC2CCCCC2)C1c1ccccc1. The summed E-state index contributed by atoms with van der Waals surface area (Å²) >= 11 is 0. The fourth-order valence-corrected chi connectivity index (χ4v) is 5.69. The third kappa shape index (κ3) is 6.12. The standard InChI is InChI=1S/C29H36FN3O4/c1-3-37-28(35)24-19(2)25(27(34)31-18-20-14-16-22(30)17-15-20)33(26(24)21-10-6-4-7-11-21)29(36)32-23-12-8-5-9-13-23/h4,6-7,10-11,14-17,19,23-26H,3,5,8-9,12-13,18H2,1-2H3,(H,31,34)(H,32,36). The van der Waals surface area contributed by atoms with Gasteiger partial charge < -0.3 is 20.3 Å². The van der Waals surface area contributed by atoms with Crippen LogP contribution in [0.1, 0.15) is 63.1 Å². The zero-order valence-electron chi connectivity index (χ0n) is 21.5. The number of urea groups is 1. The van der Waals surface area contributed by atoms with Crippen molar-refractivity contribution >= 4 is 17.9 Å². The lowest BCUT2D eigenvalue weighted by Gasteiger charge is -2.34. The predicted octanol–water partition coefficient (Wildman–Crippen LogP) is 4.73. The van der Waals surface area contributed by atoms with E-state index in [1.165, 1.54) is 12.1 Å². The van der Waals surface area contributed by atoms with E-state index in [0.29, 0.717) is 0 Å². The Labute approximate surface area is 217 Å². The number of carbonyl (C=O) groups is 3. The Hall–Kier alpha value is -3.42. The van der Waals surface area contributed by atoms with Crippen molar-refractivity contribution in [1.82, 2.24) is 15.5 Å². The van der Waals surface area contributed by atoms with E-state index in [4.69, 9.17) is 4.74 Å². The molecule has 1 aliphatic heterocycles. The Morgan fingerprint density at radius 1 is 1.00 bits per heavy atom. The molecule has 7 nitrogen and oxygen atoms in total. The lowest BCUT2D eigenvalue weighted by atomic mass is 9.85. The van der Waals surface area contributed by atoms with Crippen LogP contribution in [0.3, 0.4) is 0 Å². The Balaban J connectivity index is 1.66. The van der Waals surface area contributed by atoms with Crippen LogP contribution in [-0.4, -0.2) is 41.5 Å². The van der Waals surface area contributed by atoms with Crippen LogP contribution in [0.2, 0.25) is 0 Å². The highest BCUT2D eigenvalue weighted by molar-refractivity contribution is 5.91. The molecular weight excluding hydrogens is 473 g/mol. The van der Waals surface area contributed by atoms with Gasteiger partial charge in [-0.1, -0.05) is 68.7 Å². The van der Waals surface area contributed by atoms with Crippen molar-refractivity contribution < 1.29 is 23.5 Å². The number of rotatable bonds is 7. The lowest BCUT2D eigenvalue weighted by Crippen LogP contribution is -2.53. The molecule has 0 radical (unpaired) electrons. The van der Waals surface area contributed by atoms with Crippen LogP contribution in [-0.2, 0) is 20.9 Å². The molecule has 2 N–H and O–H groups in total. The number of amides is 3. The zero-order chi connectivity index (χ0) is 26.4. The number of hydrogen-bond donors (Lipinski definition) is 2. The van der Waals surface area contributed by atoms with Crippen LogP contribution in [0.4, 0.5) is 9.18 Å². The van der Waals surface area contributed by atoms with Gasteiger partial charge in [0.15, 0.2) is 0 Å². The second-order valence-corrected chi connectivity index (χ2v) is 9.97. The molecule has 1 aliphatic carbocycles. The lowest BCUT2D eigenvalue weighted by molar-refractivity contribution is -0.150. The molecule has 4 unspecified atom stereocenters. The number of hydrogen-bond acceptors (Lipinski definition) is 4. The van der Waals surface area contributed by atoms with Gasteiger partial charge in [0.2, 0.25) is 5.91 Å². The number of halogens is 1. The van der Waals surface area contributed by atoms with Crippen molar-refractivity contribution in [1.29, 1.82) is 0 Å². The minimum absolute atomic E-state index is 0.0394.